The van der Waals surface area contributed by atoms with Crippen LogP contribution >= 0.6 is 11.6 Å². The van der Waals surface area contributed by atoms with Gasteiger partial charge in [0.15, 0.2) is 0 Å². The van der Waals surface area contributed by atoms with E-state index in [9.17, 15) is 9.59 Å². The molecule has 156 valence electrons. The number of ether oxygens (including phenoxy) is 1. The Kier molecular flexibility index (Phi) is 7.28. The summed E-state index contributed by atoms with van der Waals surface area (Å²) in [6, 6.07) is 4.67. The fourth-order valence-corrected chi connectivity index (χ4v) is 3.33. The molecule has 1 aromatic carbocycles. The number of methoxy groups -OCH3 is 1. The van der Waals surface area contributed by atoms with Gasteiger partial charge in [0.05, 0.1) is 20.2 Å². The summed E-state index contributed by atoms with van der Waals surface area (Å²) in [7, 11) is 1.49. The van der Waals surface area contributed by atoms with E-state index in [-0.39, 0.29) is 37.4 Å². The Morgan fingerprint density at radius 3 is 2.46 bits per heavy atom. The van der Waals surface area contributed by atoms with E-state index in [1.54, 1.807) is 12.1 Å². The molecule has 2 rings (SSSR count). The number of nitrogens with zero attached hydrogens (tertiary/aromatic N) is 1. The largest absolute Gasteiger partial charge is 0.497 e. The molecule has 1 saturated heterocycles. The van der Waals surface area contributed by atoms with Gasteiger partial charge in [0.2, 0.25) is 5.91 Å². The average Bonchev–Trinajstić information content (AvgIpc) is 2.60. The van der Waals surface area contributed by atoms with E-state index in [4.69, 9.17) is 16.3 Å². The van der Waals surface area contributed by atoms with Gasteiger partial charge in [0, 0.05) is 29.2 Å². The minimum Gasteiger partial charge on any atom is -0.497 e. The molecular formula is C20H29ClFN3O3. The van der Waals surface area contributed by atoms with E-state index in [1.165, 1.54) is 13.2 Å². The van der Waals surface area contributed by atoms with Crippen LogP contribution in [0.1, 0.15) is 44.0 Å². The van der Waals surface area contributed by atoms with Crippen molar-refractivity contribution < 1.29 is 18.7 Å². The fourth-order valence-electron chi connectivity index (χ4n) is 3.10. The van der Waals surface area contributed by atoms with Gasteiger partial charge in [0.25, 0.3) is 5.91 Å². The minimum atomic E-state index is -1.49. The monoisotopic (exact) mass is 413 g/mol. The van der Waals surface area contributed by atoms with E-state index < -0.39 is 11.6 Å². The summed E-state index contributed by atoms with van der Waals surface area (Å²) in [4.78, 5) is 26.3. The number of carbonyl (C=O) groups excluding carboxylic acids is 2. The zero-order valence-electron chi connectivity index (χ0n) is 16.9. The zero-order chi connectivity index (χ0) is 20.9. The third-order valence-electron chi connectivity index (χ3n) is 4.57. The lowest BCUT2D eigenvalue weighted by Crippen LogP contribution is -2.51. The third-order valence-corrected chi connectivity index (χ3v) is 4.79. The van der Waals surface area contributed by atoms with E-state index in [2.05, 4.69) is 10.6 Å². The molecule has 28 heavy (non-hydrogen) atoms. The van der Waals surface area contributed by atoms with Crippen molar-refractivity contribution in [1.29, 1.82) is 0 Å². The summed E-state index contributed by atoms with van der Waals surface area (Å²) in [5, 5.41) is 5.93. The van der Waals surface area contributed by atoms with Gasteiger partial charge in [-0.1, -0.05) is 11.6 Å². The van der Waals surface area contributed by atoms with Crippen molar-refractivity contribution in [1.82, 2.24) is 15.5 Å². The van der Waals surface area contributed by atoms with Crippen LogP contribution in [0.5, 0.6) is 5.75 Å². The topological polar surface area (TPSA) is 70.7 Å². The number of halogens is 2. The van der Waals surface area contributed by atoms with Gasteiger partial charge in [-0.25, -0.2) is 4.39 Å². The summed E-state index contributed by atoms with van der Waals surface area (Å²) in [6.07, 6.45) is 0.518. The second-order valence-corrected chi connectivity index (χ2v) is 8.72. The Morgan fingerprint density at radius 2 is 1.89 bits per heavy atom. The van der Waals surface area contributed by atoms with Gasteiger partial charge in [-0.05, 0) is 51.8 Å². The lowest BCUT2D eigenvalue weighted by Gasteiger charge is -2.36. The molecule has 0 radical (unpaired) electrons. The molecule has 2 amide bonds. The van der Waals surface area contributed by atoms with Crippen LogP contribution in [0, 0.1) is 0 Å². The Hall–Kier alpha value is -1.86. The van der Waals surface area contributed by atoms with Crippen LogP contribution in [0.3, 0.4) is 0 Å². The molecule has 1 aliphatic heterocycles. The van der Waals surface area contributed by atoms with Crippen LogP contribution in [-0.2, 0) is 4.79 Å². The maximum absolute atomic E-state index is 15.1. The first kappa shape index (κ1) is 22.4. The van der Waals surface area contributed by atoms with Crippen molar-refractivity contribution in [3.8, 4) is 5.75 Å². The molecule has 0 aromatic heterocycles. The molecule has 1 aliphatic rings. The van der Waals surface area contributed by atoms with Crippen LogP contribution in [0.2, 0.25) is 5.02 Å². The summed E-state index contributed by atoms with van der Waals surface area (Å²) in [6.45, 7) is 6.87. The highest BCUT2D eigenvalue weighted by atomic mass is 35.5. The van der Waals surface area contributed by atoms with E-state index >= 15 is 4.39 Å². The highest BCUT2D eigenvalue weighted by Gasteiger charge is 2.35. The fraction of sp³-hybridized carbons (Fsp3) is 0.600. The molecule has 1 heterocycles. The quantitative estimate of drug-likeness (QED) is 0.752. The zero-order valence-corrected chi connectivity index (χ0v) is 17.7. The molecular weight excluding hydrogens is 385 g/mol. The first-order chi connectivity index (χ1) is 13.0. The maximum atomic E-state index is 15.1. The second kappa shape index (κ2) is 9.09. The Bertz CT molecular complexity index is 713. The third kappa shape index (κ3) is 6.95. The molecule has 8 heteroatoms. The smallest absolute Gasteiger partial charge is 0.251 e. The standard InChI is InChI=1S/C20H29ClFN3O3/c1-19(2,3)24-17(26)12-25-7-5-20(22,6-8-25)13-23-18(27)14-9-15(21)11-16(10-14)28-4/h9-11H,5-8,12-13H2,1-4H3,(H,23,27)(H,24,26). The number of alkyl halides is 1. The maximum Gasteiger partial charge on any atom is 0.251 e. The molecule has 1 aromatic rings. The normalized spacial score (nSPS) is 17.1. The number of carbonyl (C=O) groups is 2. The Balaban J connectivity index is 1.83. The molecule has 0 saturated carbocycles. The number of hydrogen-bond donors (Lipinski definition) is 2. The van der Waals surface area contributed by atoms with Crippen LogP contribution in [0.4, 0.5) is 4.39 Å². The van der Waals surface area contributed by atoms with Crippen molar-refractivity contribution in [3.63, 3.8) is 0 Å². The molecule has 1 fully saturated rings. The number of likely N-dealkylation sites (tertiary alicyclic amines) is 1. The number of benzene rings is 1. The molecule has 6 nitrogen and oxygen atoms in total. The highest BCUT2D eigenvalue weighted by molar-refractivity contribution is 6.31. The number of rotatable bonds is 6. The van der Waals surface area contributed by atoms with E-state index in [1.807, 2.05) is 25.7 Å². The molecule has 2 N–H and O–H groups in total. The lowest BCUT2D eigenvalue weighted by atomic mass is 9.93. The number of piperidine rings is 1. The average molecular weight is 414 g/mol. The van der Waals surface area contributed by atoms with Crippen molar-refractivity contribution in [2.75, 3.05) is 33.3 Å². The van der Waals surface area contributed by atoms with Crippen LogP contribution in [0.25, 0.3) is 0 Å². The lowest BCUT2D eigenvalue weighted by molar-refractivity contribution is -0.124. The summed E-state index contributed by atoms with van der Waals surface area (Å²) in [5.41, 5.74) is -1.46. The number of nitrogens with one attached hydrogen (secondary N) is 2. The van der Waals surface area contributed by atoms with Crippen molar-refractivity contribution >= 4 is 23.4 Å². The van der Waals surface area contributed by atoms with Gasteiger partial charge >= 0.3 is 0 Å². The van der Waals surface area contributed by atoms with Gasteiger partial charge in [-0.2, -0.15) is 0 Å². The van der Waals surface area contributed by atoms with Gasteiger partial charge in [-0.3, -0.25) is 14.5 Å². The Labute approximate surface area is 170 Å². The molecule has 0 unspecified atom stereocenters. The molecule has 0 aliphatic carbocycles. The van der Waals surface area contributed by atoms with E-state index in [0.29, 0.717) is 29.4 Å². The highest BCUT2D eigenvalue weighted by Crippen LogP contribution is 2.26. The number of amides is 2. The number of hydrogen-bond acceptors (Lipinski definition) is 4. The van der Waals surface area contributed by atoms with Crippen LogP contribution in [0.15, 0.2) is 18.2 Å². The van der Waals surface area contributed by atoms with E-state index in [0.717, 1.165) is 0 Å². The van der Waals surface area contributed by atoms with Crippen molar-refractivity contribution in [3.05, 3.63) is 28.8 Å². The van der Waals surface area contributed by atoms with Gasteiger partial charge < -0.3 is 15.4 Å². The first-order valence-corrected chi connectivity index (χ1v) is 9.73. The SMILES string of the molecule is COc1cc(Cl)cc(C(=O)NCC2(F)CCN(CC(=O)NC(C)(C)C)CC2)c1. The first-order valence-electron chi connectivity index (χ1n) is 9.35. The summed E-state index contributed by atoms with van der Waals surface area (Å²) in [5.74, 6) is 0.00123. The van der Waals surface area contributed by atoms with Crippen molar-refractivity contribution in [2.45, 2.75) is 44.8 Å². The predicted octanol–water partition coefficient (Wildman–Crippen LogP) is 2.80. The van der Waals surface area contributed by atoms with Crippen LogP contribution in [-0.4, -0.2) is 61.2 Å². The second-order valence-electron chi connectivity index (χ2n) is 8.29. The van der Waals surface area contributed by atoms with Gasteiger partial charge in [0.1, 0.15) is 11.4 Å². The molecule has 0 spiro atoms. The van der Waals surface area contributed by atoms with Gasteiger partial charge in [-0.15, -0.1) is 0 Å². The van der Waals surface area contributed by atoms with Crippen LogP contribution < -0.4 is 15.4 Å². The Morgan fingerprint density at radius 1 is 1.25 bits per heavy atom. The van der Waals surface area contributed by atoms with Crippen molar-refractivity contribution in [2.24, 2.45) is 0 Å². The molecule has 0 bridgehead atoms. The predicted molar refractivity (Wildman–Crippen MR) is 108 cm³/mol. The summed E-state index contributed by atoms with van der Waals surface area (Å²) < 4.78 is 20.2. The summed E-state index contributed by atoms with van der Waals surface area (Å²) >= 11 is 5.97. The molecule has 0 atom stereocenters. The minimum absolute atomic E-state index is 0.0675.